The van der Waals surface area contributed by atoms with Crippen LogP contribution < -0.4 is 5.32 Å². The zero-order valence-electron chi connectivity index (χ0n) is 10.9. The van der Waals surface area contributed by atoms with E-state index in [4.69, 9.17) is 4.74 Å². The Labute approximate surface area is 104 Å². The number of methoxy groups -OCH3 is 1. The van der Waals surface area contributed by atoms with Crippen LogP contribution in [0, 0.1) is 5.92 Å². The maximum atomic E-state index is 11.6. The molecule has 2 aliphatic rings. The van der Waals surface area contributed by atoms with Gasteiger partial charge in [0.15, 0.2) is 0 Å². The van der Waals surface area contributed by atoms with Gasteiger partial charge in [0.25, 0.3) is 0 Å². The third-order valence-corrected chi connectivity index (χ3v) is 3.94. The Hall–Kier alpha value is -0.610. The van der Waals surface area contributed by atoms with Crippen LogP contribution in [0.1, 0.15) is 32.6 Å². The molecule has 4 nitrogen and oxygen atoms in total. The van der Waals surface area contributed by atoms with Gasteiger partial charge in [-0.25, -0.2) is 0 Å². The zero-order chi connectivity index (χ0) is 12.3. The predicted octanol–water partition coefficient (Wildman–Crippen LogP) is 1.01. The molecule has 1 atom stereocenters. The Morgan fingerprint density at radius 1 is 1.35 bits per heavy atom. The Kier molecular flexibility index (Phi) is 4.40. The maximum Gasteiger partial charge on any atom is 0.248 e. The average Bonchev–Trinajstić information content (AvgIpc) is 3.14. The minimum absolute atomic E-state index is 0.126. The molecule has 0 aromatic heterocycles. The number of hydrogen-bond donors (Lipinski definition) is 1. The first-order valence-corrected chi connectivity index (χ1v) is 6.73. The molecule has 0 spiro atoms. The van der Waals surface area contributed by atoms with Gasteiger partial charge in [-0.05, 0) is 38.5 Å². The lowest BCUT2D eigenvalue weighted by molar-refractivity contribution is -0.136. The van der Waals surface area contributed by atoms with Crippen LogP contribution >= 0.6 is 0 Å². The van der Waals surface area contributed by atoms with Crippen molar-refractivity contribution in [2.75, 3.05) is 26.8 Å². The highest BCUT2D eigenvalue weighted by atomic mass is 16.5. The van der Waals surface area contributed by atoms with Gasteiger partial charge in [-0.15, -0.1) is 0 Å². The molecule has 0 bridgehead atoms. The SMILES string of the molecule is COCC(=O)N1CCC(NC(C)C2CC2)CC1. The lowest BCUT2D eigenvalue weighted by Crippen LogP contribution is -2.48. The molecule has 1 amide bonds. The molecule has 2 rings (SSSR count). The number of nitrogens with zero attached hydrogens (tertiary/aromatic N) is 1. The predicted molar refractivity (Wildman–Crippen MR) is 66.8 cm³/mol. The number of amides is 1. The number of likely N-dealkylation sites (tertiary alicyclic amines) is 1. The summed E-state index contributed by atoms with van der Waals surface area (Å²) in [6.45, 7) is 4.26. The van der Waals surface area contributed by atoms with Crippen LogP contribution in [-0.2, 0) is 9.53 Å². The molecule has 98 valence electrons. The molecule has 0 radical (unpaired) electrons. The minimum Gasteiger partial charge on any atom is -0.375 e. The van der Waals surface area contributed by atoms with Gasteiger partial charge < -0.3 is 15.0 Å². The number of carbonyl (C=O) groups excluding carboxylic acids is 1. The molecule has 0 aromatic carbocycles. The summed E-state index contributed by atoms with van der Waals surface area (Å²) in [5.41, 5.74) is 0. The van der Waals surface area contributed by atoms with Gasteiger partial charge in [0.2, 0.25) is 5.91 Å². The van der Waals surface area contributed by atoms with Crippen LogP contribution in [0.4, 0.5) is 0 Å². The number of hydrogen-bond acceptors (Lipinski definition) is 3. The number of carbonyl (C=O) groups is 1. The lowest BCUT2D eigenvalue weighted by atomic mass is 10.0. The van der Waals surface area contributed by atoms with E-state index in [0.29, 0.717) is 12.1 Å². The summed E-state index contributed by atoms with van der Waals surface area (Å²) in [6, 6.07) is 1.25. The summed E-state index contributed by atoms with van der Waals surface area (Å²) >= 11 is 0. The summed E-state index contributed by atoms with van der Waals surface area (Å²) in [7, 11) is 1.57. The van der Waals surface area contributed by atoms with E-state index in [9.17, 15) is 4.79 Å². The third kappa shape index (κ3) is 3.68. The van der Waals surface area contributed by atoms with Crippen molar-refractivity contribution in [1.29, 1.82) is 0 Å². The maximum absolute atomic E-state index is 11.6. The van der Waals surface area contributed by atoms with Crippen LogP contribution in [-0.4, -0.2) is 49.7 Å². The van der Waals surface area contributed by atoms with Crippen molar-refractivity contribution >= 4 is 5.91 Å². The summed E-state index contributed by atoms with van der Waals surface area (Å²) in [4.78, 5) is 13.5. The number of piperidine rings is 1. The number of nitrogens with one attached hydrogen (secondary N) is 1. The number of rotatable bonds is 5. The summed E-state index contributed by atoms with van der Waals surface area (Å²) in [5, 5.41) is 3.70. The van der Waals surface area contributed by atoms with Gasteiger partial charge in [0.1, 0.15) is 6.61 Å². The van der Waals surface area contributed by atoms with Crippen molar-refractivity contribution < 1.29 is 9.53 Å². The minimum atomic E-state index is 0.126. The molecule has 0 aromatic rings. The Bertz CT molecular complexity index is 258. The molecule has 1 saturated heterocycles. The van der Waals surface area contributed by atoms with Crippen LogP contribution in [0.5, 0.6) is 0 Å². The van der Waals surface area contributed by atoms with E-state index in [1.807, 2.05) is 4.90 Å². The monoisotopic (exact) mass is 240 g/mol. The van der Waals surface area contributed by atoms with Gasteiger partial charge >= 0.3 is 0 Å². The summed E-state index contributed by atoms with van der Waals surface area (Å²) in [5.74, 6) is 1.03. The fourth-order valence-electron chi connectivity index (χ4n) is 2.61. The quantitative estimate of drug-likeness (QED) is 0.780. The first-order chi connectivity index (χ1) is 8.20. The van der Waals surface area contributed by atoms with Crippen molar-refractivity contribution in [3.8, 4) is 0 Å². The van der Waals surface area contributed by atoms with E-state index in [1.165, 1.54) is 12.8 Å². The molecular formula is C13H24N2O2. The van der Waals surface area contributed by atoms with Crippen molar-refractivity contribution in [2.24, 2.45) is 5.92 Å². The fourth-order valence-corrected chi connectivity index (χ4v) is 2.61. The molecular weight excluding hydrogens is 216 g/mol. The smallest absolute Gasteiger partial charge is 0.248 e. The Balaban J connectivity index is 1.68. The standard InChI is InChI=1S/C13H24N2O2/c1-10(11-3-4-11)14-12-5-7-15(8-6-12)13(16)9-17-2/h10-12,14H,3-9H2,1-2H3. The van der Waals surface area contributed by atoms with Crippen molar-refractivity contribution in [1.82, 2.24) is 10.2 Å². The van der Waals surface area contributed by atoms with E-state index in [2.05, 4.69) is 12.2 Å². The molecule has 17 heavy (non-hydrogen) atoms. The first-order valence-electron chi connectivity index (χ1n) is 6.73. The molecule has 1 heterocycles. The van der Waals surface area contributed by atoms with E-state index >= 15 is 0 Å². The van der Waals surface area contributed by atoms with Crippen LogP contribution in [0.15, 0.2) is 0 Å². The van der Waals surface area contributed by atoms with Crippen LogP contribution in [0.3, 0.4) is 0 Å². The largest absolute Gasteiger partial charge is 0.375 e. The second kappa shape index (κ2) is 5.83. The van der Waals surface area contributed by atoms with Crippen molar-refractivity contribution in [2.45, 2.75) is 44.7 Å². The van der Waals surface area contributed by atoms with Crippen LogP contribution in [0.2, 0.25) is 0 Å². The third-order valence-electron chi connectivity index (χ3n) is 3.94. The van der Waals surface area contributed by atoms with E-state index in [1.54, 1.807) is 7.11 Å². The van der Waals surface area contributed by atoms with Gasteiger partial charge in [-0.1, -0.05) is 0 Å². The average molecular weight is 240 g/mol. The highest BCUT2D eigenvalue weighted by Crippen LogP contribution is 2.32. The van der Waals surface area contributed by atoms with E-state index in [0.717, 1.165) is 31.8 Å². The normalized spacial score (nSPS) is 23.8. The van der Waals surface area contributed by atoms with Gasteiger partial charge in [-0.3, -0.25) is 4.79 Å². The van der Waals surface area contributed by atoms with Gasteiger partial charge in [0, 0.05) is 32.3 Å². The summed E-state index contributed by atoms with van der Waals surface area (Å²) < 4.78 is 4.88. The van der Waals surface area contributed by atoms with Gasteiger partial charge in [-0.2, -0.15) is 0 Å². The Morgan fingerprint density at radius 3 is 2.53 bits per heavy atom. The number of ether oxygens (including phenoxy) is 1. The Morgan fingerprint density at radius 2 is 2.00 bits per heavy atom. The molecule has 4 heteroatoms. The molecule has 1 N–H and O–H groups in total. The second-order valence-corrected chi connectivity index (χ2v) is 5.38. The highest BCUT2D eigenvalue weighted by molar-refractivity contribution is 5.77. The molecule has 1 unspecified atom stereocenters. The molecule has 1 aliphatic carbocycles. The molecule has 1 saturated carbocycles. The van der Waals surface area contributed by atoms with Gasteiger partial charge in [0.05, 0.1) is 0 Å². The zero-order valence-corrected chi connectivity index (χ0v) is 10.9. The summed E-state index contributed by atoms with van der Waals surface area (Å²) in [6.07, 6.45) is 4.93. The molecule has 2 fully saturated rings. The van der Waals surface area contributed by atoms with Crippen molar-refractivity contribution in [3.05, 3.63) is 0 Å². The first kappa shape index (κ1) is 12.8. The van der Waals surface area contributed by atoms with Crippen LogP contribution in [0.25, 0.3) is 0 Å². The highest BCUT2D eigenvalue weighted by Gasteiger charge is 2.30. The second-order valence-electron chi connectivity index (χ2n) is 5.38. The fraction of sp³-hybridized carbons (Fsp3) is 0.923. The lowest BCUT2D eigenvalue weighted by Gasteiger charge is -2.34. The van der Waals surface area contributed by atoms with Crippen molar-refractivity contribution in [3.63, 3.8) is 0 Å². The van der Waals surface area contributed by atoms with E-state index < -0.39 is 0 Å². The topological polar surface area (TPSA) is 41.6 Å². The molecule has 1 aliphatic heterocycles. The van der Waals surface area contributed by atoms with E-state index in [-0.39, 0.29) is 12.5 Å².